The van der Waals surface area contributed by atoms with Crippen molar-refractivity contribution in [3.05, 3.63) is 22.4 Å². The first-order valence-corrected chi connectivity index (χ1v) is 8.23. The molecule has 1 atom stereocenters. The maximum absolute atomic E-state index is 11.8. The first kappa shape index (κ1) is 15.1. The smallest absolute Gasteiger partial charge is 0.303 e. The van der Waals surface area contributed by atoms with E-state index in [1.807, 2.05) is 24.4 Å². The van der Waals surface area contributed by atoms with Gasteiger partial charge in [0.25, 0.3) is 0 Å². The van der Waals surface area contributed by atoms with Gasteiger partial charge in [-0.2, -0.15) is 0 Å². The second-order valence-corrected chi connectivity index (χ2v) is 6.76. The Morgan fingerprint density at radius 2 is 2.28 bits per heavy atom. The summed E-state index contributed by atoms with van der Waals surface area (Å²) in [7, 11) is -3.42. The molecule has 5 nitrogen and oxygen atoms in total. The van der Waals surface area contributed by atoms with E-state index in [1.54, 1.807) is 0 Å². The van der Waals surface area contributed by atoms with Crippen molar-refractivity contribution in [3.63, 3.8) is 0 Å². The SMILES string of the molecule is CCC(NS(=O)(=O)CCCC(=O)O)c1cccs1. The van der Waals surface area contributed by atoms with Crippen molar-refractivity contribution in [1.82, 2.24) is 4.72 Å². The fourth-order valence-corrected chi connectivity index (χ4v) is 3.83. The highest BCUT2D eigenvalue weighted by atomic mass is 32.2. The maximum Gasteiger partial charge on any atom is 0.303 e. The van der Waals surface area contributed by atoms with Gasteiger partial charge < -0.3 is 5.11 Å². The molecular formula is C11H17NO4S2. The van der Waals surface area contributed by atoms with E-state index in [2.05, 4.69) is 4.72 Å². The average molecular weight is 291 g/mol. The molecule has 102 valence electrons. The quantitative estimate of drug-likeness (QED) is 0.767. The molecule has 0 aromatic carbocycles. The maximum atomic E-state index is 11.8. The van der Waals surface area contributed by atoms with Gasteiger partial charge in [-0.3, -0.25) is 4.79 Å². The van der Waals surface area contributed by atoms with Crippen LogP contribution in [0.5, 0.6) is 0 Å². The molecule has 2 N–H and O–H groups in total. The van der Waals surface area contributed by atoms with Gasteiger partial charge in [-0.1, -0.05) is 13.0 Å². The predicted molar refractivity (Wildman–Crippen MR) is 71.1 cm³/mol. The van der Waals surface area contributed by atoms with E-state index in [0.29, 0.717) is 6.42 Å². The Balaban J connectivity index is 2.55. The first-order chi connectivity index (χ1) is 8.44. The number of carbonyl (C=O) groups is 1. The minimum atomic E-state index is -3.42. The molecule has 18 heavy (non-hydrogen) atoms. The summed E-state index contributed by atoms with van der Waals surface area (Å²) >= 11 is 1.50. The van der Waals surface area contributed by atoms with Gasteiger partial charge in [-0.25, -0.2) is 13.1 Å². The Hall–Kier alpha value is -0.920. The molecule has 0 bridgehead atoms. The Labute approximate surface area is 111 Å². The van der Waals surface area contributed by atoms with Gasteiger partial charge in [0.15, 0.2) is 0 Å². The Kier molecular flexibility index (Phi) is 5.77. The number of thiophene rings is 1. The molecule has 7 heteroatoms. The van der Waals surface area contributed by atoms with Crippen LogP contribution in [0, 0.1) is 0 Å². The number of aliphatic carboxylic acids is 1. The molecule has 0 saturated carbocycles. The third-order valence-electron chi connectivity index (χ3n) is 2.42. The van der Waals surface area contributed by atoms with Gasteiger partial charge in [0.2, 0.25) is 10.0 Å². The van der Waals surface area contributed by atoms with E-state index >= 15 is 0 Å². The normalized spacial score (nSPS) is 13.4. The lowest BCUT2D eigenvalue weighted by Crippen LogP contribution is -2.30. The lowest BCUT2D eigenvalue weighted by Gasteiger charge is -2.15. The highest BCUT2D eigenvalue weighted by Gasteiger charge is 2.18. The van der Waals surface area contributed by atoms with Crippen molar-refractivity contribution in [2.24, 2.45) is 0 Å². The van der Waals surface area contributed by atoms with Crippen molar-refractivity contribution in [2.45, 2.75) is 32.2 Å². The summed E-state index contributed by atoms with van der Waals surface area (Å²) in [5, 5.41) is 10.4. The molecule has 0 saturated heterocycles. The first-order valence-electron chi connectivity index (χ1n) is 5.70. The lowest BCUT2D eigenvalue weighted by molar-refractivity contribution is -0.137. The Bertz CT molecular complexity index is 467. The van der Waals surface area contributed by atoms with Crippen LogP contribution in [-0.2, 0) is 14.8 Å². The van der Waals surface area contributed by atoms with Crippen LogP contribution in [-0.4, -0.2) is 25.2 Å². The lowest BCUT2D eigenvalue weighted by atomic mass is 10.2. The zero-order chi connectivity index (χ0) is 13.6. The number of carboxylic acid groups (broad SMARTS) is 1. The predicted octanol–water partition coefficient (Wildman–Crippen LogP) is 1.98. The zero-order valence-electron chi connectivity index (χ0n) is 10.1. The highest BCUT2D eigenvalue weighted by molar-refractivity contribution is 7.89. The van der Waals surface area contributed by atoms with Gasteiger partial charge in [-0.15, -0.1) is 11.3 Å². The van der Waals surface area contributed by atoms with E-state index in [0.717, 1.165) is 4.88 Å². The number of hydrogen-bond donors (Lipinski definition) is 2. The van der Waals surface area contributed by atoms with Gasteiger partial charge in [-0.05, 0) is 24.3 Å². The molecule has 1 unspecified atom stereocenters. The van der Waals surface area contributed by atoms with E-state index in [4.69, 9.17) is 5.11 Å². The van der Waals surface area contributed by atoms with Gasteiger partial charge in [0.1, 0.15) is 0 Å². The zero-order valence-corrected chi connectivity index (χ0v) is 11.8. The minimum Gasteiger partial charge on any atom is -0.481 e. The highest BCUT2D eigenvalue weighted by Crippen LogP contribution is 2.22. The fourth-order valence-electron chi connectivity index (χ4n) is 1.52. The van der Waals surface area contributed by atoms with Crippen LogP contribution in [0.4, 0.5) is 0 Å². The van der Waals surface area contributed by atoms with Crippen molar-refractivity contribution in [2.75, 3.05) is 5.75 Å². The van der Waals surface area contributed by atoms with Crippen LogP contribution in [0.25, 0.3) is 0 Å². The van der Waals surface area contributed by atoms with Crippen molar-refractivity contribution in [1.29, 1.82) is 0 Å². The van der Waals surface area contributed by atoms with E-state index < -0.39 is 16.0 Å². The monoisotopic (exact) mass is 291 g/mol. The van der Waals surface area contributed by atoms with Crippen LogP contribution in [0.1, 0.15) is 37.1 Å². The summed E-state index contributed by atoms with van der Waals surface area (Å²) in [6, 6.07) is 3.54. The van der Waals surface area contributed by atoms with E-state index in [-0.39, 0.29) is 24.6 Å². The largest absolute Gasteiger partial charge is 0.481 e. The average Bonchev–Trinajstić information content (AvgIpc) is 2.78. The Morgan fingerprint density at radius 1 is 1.56 bits per heavy atom. The standard InChI is InChI=1S/C11H17NO4S2/c1-2-9(10-5-3-7-17-10)12-18(15,16)8-4-6-11(13)14/h3,5,7,9,12H,2,4,6,8H2,1H3,(H,13,14). The second kappa shape index (κ2) is 6.86. The van der Waals surface area contributed by atoms with E-state index in [1.165, 1.54) is 11.3 Å². The number of carboxylic acids is 1. The molecule has 1 aromatic heterocycles. The topological polar surface area (TPSA) is 83.5 Å². The summed E-state index contributed by atoms with van der Waals surface area (Å²) in [5.41, 5.74) is 0. The van der Waals surface area contributed by atoms with Crippen LogP contribution in [0.2, 0.25) is 0 Å². The van der Waals surface area contributed by atoms with Crippen LogP contribution < -0.4 is 4.72 Å². The number of rotatable bonds is 8. The fraction of sp³-hybridized carbons (Fsp3) is 0.545. The number of hydrogen-bond acceptors (Lipinski definition) is 4. The molecule has 1 heterocycles. The van der Waals surface area contributed by atoms with Crippen LogP contribution >= 0.6 is 11.3 Å². The summed E-state index contributed by atoms with van der Waals surface area (Å²) < 4.78 is 26.2. The molecule has 0 amide bonds. The molecule has 0 fully saturated rings. The van der Waals surface area contributed by atoms with Crippen molar-refractivity contribution in [3.8, 4) is 0 Å². The summed E-state index contributed by atoms with van der Waals surface area (Å²) in [4.78, 5) is 11.3. The molecule has 0 aliphatic carbocycles. The molecule has 1 aromatic rings. The summed E-state index contributed by atoms with van der Waals surface area (Å²) in [6.45, 7) is 1.91. The molecule has 0 aliphatic rings. The molecule has 0 radical (unpaired) electrons. The van der Waals surface area contributed by atoms with Gasteiger partial charge in [0.05, 0.1) is 11.8 Å². The molecular weight excluding hydrogens is 274 g/mol. The third-order valence-corrected chi connectivity index (χ3v) is 4.88. The molecule has 0 aliphatic heterocycles. The Morgan fingerprint density at radius 3 is 2.78 bits per heavy atom. The third kappa shape index (κ3) is 5.16. The van der Waals surface area contributed by atoms with Gasteiger partial charge >= 0.3 is 5.97 Å². The van der Waals surface area contributed by atoms with Crippen LogP contribution in [0.15, 0.2) is 17.5 Å². The summed E-state index contributed by atoms with van der Waals surface area (Å²) in [5.74, 6) is -1.13. The number of sulfonamides is 1. The van der Waals surface area contributed by atoms with E-state index in [9.17, 15) is 13.2 Å². The molecule has 0 spiro atoms. The second-order valence-electron chi connectivity index (χ2n) is 3.91. The summed E-state index contributed by atoms with van der Waals surface area (Å²) in [6.07, 6.45) is 0.668. The molecule has 1 rings (SSSR count). The van der Waals surface area contributed by atoms with Crippen molar-refractivity contribution >= 4 is 27.3 Å². The van der Waals surface area contributed by atoms with Crippen LogP contribution in [0.3, 0.4) is 0 Å². The van der Waals surface area contributed by atoms with Gasteiger partial charge in [0, 0.05) is 11.3 Å². The van der Waals surface area contributed by atoms with Crippen molar-refractivity contribution < 1.29 is 18.3 Å². The minimum absolute atomic E-state index is 0.128. The number of nitrogens with one attached hydrogen (secondary N) is 1.